The molecule has 0 aliphatic carbocycles. The monoisotopic (exact) mass is 262 g/mol. The average Bonchev–Trinajstić information content (AvgIpc) is 2.37. The van der Waals surface area contributed by atoms with E-state index in [0.717, 1.165) is 6.42 Å². The lowest BCUT2D eigenvalue weighted by Gasteiger charge is -2.25. The van der Waals surface area contributed by atoms with Crippen molar-refractivity contribution in [3.8, 4) is 5.75 Å². The van der Waals surface area contributed by atoms with Crippen molar-refractivity contribution in [2.24, 2.45) is 0 Å². The Bertz CT molecular complexity index is 523. The first-order valence-corrected chi connectivity index (χ1v) is 6.30. The average molecular weight is 262 g/mol. The molecule has 2 N–H and O–H groups in total. The van der Waals surface area contributed by atoms with Crippen LogP contribution in [0.15, 0.2) is 18.2 Å². The molecule has 0 radical (unpaired) electrons. The van der Waals surface area contributed by atoms with E-state index >= 15 is 0 Å². The van der Waals surface area contributed by atoms with E-state index in [9.17, 15) is 9.59 Å². The quantitative estimate of drug-likeness (QED) is 0.874. The SMILES string of the molecule is CCC(C)(C)NC(=O)c1ccc2c(c1)OCC(=O)N2. The maximum atomic E-state index is 12.1. The molecule has 2 rings (SSSR count). The van der Waals surface area contributed by atoms with E-state index in [-0.39, 0.29) is 24.0 Å². The van der Waals surface area contributed by atoms with E-state index in [0.29, 0.717) is 17.0 Å². The van der Waals surface area contributed by atoms with Gasteiger partial charge in [0.2, 0.25) is 0 Å². The summed E-state index contributed by atoms with van der Waals surface area (Å²) in [6.45, 7) is 5.95. The van der Waals surface area contributed by atoms with Gasteiger partial charge in [-0.25, -0.2) is 0 Å². The third kappa shape index (κ3) is 3.05. The fourth-order valence-corrected chi connectivity index (χ4v) is 1.68. The minimum absolute atomic E-state index is 0.0154. The van der Waals surface area contributed by atoms with E-state index in [4.69, 9.17) is 4.74 Å². The number of hydrogen-bond donors (Lipinski definition) is 2. The summed E-state index contributed by atoms with van der Waals surface area (Å²) < 4.78 is 5.29. The van der Waals surface area contributed by atoms with E-state index < -0.39 is 0 Å². The van der Waals surface area contributed by atoms with Gasteiger partial charge in [0.25, 0.3) is 11.8 Å². The predicted octanol–water partition coefficient (Wildman–Crippen LogP) is 1.94. The fourth-order valence-electron chi connectivity index (χ4n) is 1.68. The molecule has 5 heteroatoms. The highest BCUT2D eigenvalue weighted by Gasteiger charge is 2.21. The van der Waals surface area contributed by atoms with Gasteiger partial charge < -0.3 is 15.4 Å². The summed E-state index contributed by atoms with van der Waals surface area (Å²) in [6, 6.07) is 5.00. The summed E-state index contributed by atoms with van der Waals surface area (Å²) >= 11 is 0. The van der Waals surface area contributed by atoms with E-state index in [1.54, 1.807) is 18.2 Å². The number of fused-ring (bicyclic) bond motifs is 1. The van der Waals surface area contributed by atoms with Gasteiger partial charge in [-0.2, -0.15) is 0 Å². The minimum Gasteiger partial charge on any atom is -0.482 e. The van der Waals surface area contributed by atoms with Crippen molar-refractivity contribution in [3.63, 3.8) is 0 Å². The number of ether oxygens (including phenoxy) is 1. The Labute approximate surface area is 112 Å². The first-order valence-electron chi connectivity index (χ1n) is 6.30. The van der Waals surface area contributed by atoms with Crippen LogP contribution < -0.4 is 15.4 Å². The second-order valence-electron chi connectivity index (χ2n) is 5.24. The number of nitrogens with one attached hydrogen (secondary N) is 2. The van der Waals surface area contributed by atoms with Gasteiger partial charge in [0, 0.05) is 11.1 Å². The van der Waals surface area contributed by atoms with Crippen LogP contribution in [0.25, 0.3) is 0 Å². The molecule has 1 aliphatic heterocycles. The van der Waals surface area contributed by atoms with Crippen LogP contribution in [0.1, 0.15) is 37.6 Å². The number of hydrogen-bond acceptors (Lipinski definition) is 3. The lowest BCUT2D eigenvalue weighted by Crippen LogP contribution is -2.42. The summed E-state index contributed by atoms with van der Waals surface area (Å²) in [4.78, 5) is 23.3. The number of benzene rings is 1. The van der Waals surface area contributed by atoms with Crippen molar-refractivity contribution in [1.82, 2.24) is 5.32 Å². The Morgan fingerprint density at radius 3 is 2.89 bits per heavy atom. The molecule has 1 aromatic carbocycles. The highest BCUT2D eigenvalue weighted by atomic mass is 16.5. The van der Waals surface area contributed by atoms with Gasteiger partial charge in [0.05, 0.1) is 5.69 Å². The van der Waals surface area contributed by atoms with Crippen LogP contribution in [0.2, 0.25) is 0 Å². The lowest BCUT2D eigenvalue weighted by atomic mass is 10.0. The molecule has 0 saturated carbocycles. The molecule has 1 heterocycles. The second-order valence-corrected chi connectivity index (χ2v) is 5.24. The topological polar surface area (TPSA) is 67.4 Å². The van der Waals surface area contributed by atoms with Crippen molar-refractivity contribution in [3.05, 3.63) is 23.8 Å². The van der Waals surface area contributed by atoms with Crippen molar-refractivity contribution in [2.45, 2.75) is 32.7 Å². The molecule has 5 nitrogen and oxygen atoms in total. The Hall–Kier alpha value is -2.04. The molecule has 0 saturated heterocycles. The Balaban J connectivity index is 2.18. The van der Waals surface area contributed by atoms with Crippen molar-refractivity contribution < 1.29 is 14.3 Å². The van der Waals surface area contributed by atoms with Gasteiger partial charge in [-0.1, -0.05) is 6.92 Å². The first-order chi connectivity index (χ1) is 8.91. The summed E-state index contributed by atoms with van der Waals surface area (Å²) in [5.74, 6) is 0.202. The number of carbonyl (C=O) groups excluding carboxylic acids is 2. The lowest BCUT2D eigenvalue weighted by molar-refractivity contribution is -0.118. The number of rotatable bonds is 3. The van der Waals surface area contributed by atoms with Crippen LogP contribution in [0.5, 0.6) is 5.75 Å². The normalized spacial score (nSPS) is 14.2. The van der Waals surface area contributed by atoms with Crippen molar-refractivity contribution in [1.29, 1.82) is 0 Å². The van der Waals surface area contributed by atoms with Gasteiger partial charge in [0.1, 0.15) is 5.75 Å². The van der Waals surface area contributed by atoms with Crippen LogP contribution in [0.4, 0.5) is 5.69 Å². The minimum atomic E-state index is -0.248. The van der Waals surface area contributed by atoms with E-state index in [1.807, 2.05) is 20.8 Å². The van der Waals surface area contributed by atoms with Gasteiger partial charge in [-0.15, -0.1) is 0 Å². The zero-order valence-corrected chi connectivity index (χ0v) is 11.4. The highest BCUT2D eigenvalue weighted by Crippen LogP contribution is 2.28. The number of amides is 2. The molecule has 0 unspecified atom stereocenters. The predicted molar refractivity (Wildman–Crippen MR) is 72.4 cm³/mol. The smallest absolute Gasteiger partial charge is 0.262 e. The Kier molecular flexibility index (Phi) is 3.46. The molecule has 0 aromatic heterocycles. The molecule has 19 heavy (non-hydrogen) atoms. The molecule has 0 fully saturated rings. The Morgan fingerprint density at radius 2 is 2.21 bits per heavy atom. The van der Waals surface area contributed by atoms with Crippen LogP contribution in [-0.4, -0.2) is 24.0 Å². The number of anilines is 1. The van der Waals surface area contributed by atoms with Gasteiger partial charge >= 0.3 is 0 Å². The molecule has 0 bridgehead atoms. The fraction of sp³-hybridized carbons (Fsp3) is 0.429. The third-order valence-electron chi connectivity index (χ3n) is 3.21. The molecule has 1 aromatic rings. The molecule has 0 atom stereocenters. The molecule has 1 aliphatic rings. The van der Waals surface area contributed by atoms with Gasteiger partial charge in [0.15, 0.2) is 6.61 Å². The Morgan fingerprint density at radius 1 is 1.47 bits per heavy atom. The summed E-state index contributed by atoms with van der Waals surface area (Å²) in [7, 11) is 0. The van der Waals surface area contributed by atoms with Gasteiger partial charge in [-0.3, -0.25) is 9.59 Å². The zero-order chi connectivity index (χ0) is 14.0. The van der Waals surface area contributed by atoms with Crippen LogP contribution in [0.3, 0.4) is 0 Å². The van der Waals surface area contributed by atoms with Gasteiger partial charge in [-0.05, 0) is 38.5 Å². The maximum absolute atomic E-state index is 12.1. The summed E-state index contributed by atoms with van der Waals surface area (Å²) in [6.07, 6.45) is 0.843. The van der Waals surface area contributed by atoms with Crippen molar-refractivity contribution >= 4 is 17.5 Å². The third-order valence-corrected chi connectivity index (χ3v) is 3.21. The molecule has 102 valence electrons. The van der Waals surface area contributed by atoms with Crippen LogP contribution >= 0.6 is 0 Å². The first kappa shape index (κ1) is 13.4. The molecular weight excluding hydrogens is 244 g/mol. The summed E-state index contributed by atoms with van der Waals surface area (Å²) in [5.41, 5.74) is 0.876. The maximum Gasteiger partial charge on any atom is 0.262 e. The standard InChI is InChI=1S/C14H18N2O3/c1-4-14(2,3)16-13(18)9-5-6-10-11(7-9)19-8-12(17)15-10/h5-7H,4,8H2,1-3H3,(H,15,17)(H,16,18). The largest absolute Gasteiger partial charge is 0.482 e. The number of carbonyl (C=O) groups is 2. The molecule has 0 spiro atoms. The highest BCUT2D eigenvalue weighted by molar-refractivity contribution is 5.99. The molecule has 2 amide bonds. The van der Waals surface area contributed by atoms with Crippen LogP contribution in [-0.2, 0) is 4.79 Å². The van der Waals surface area contributed by atoms with Crippen LogP contribution in [0, 0.1) is 0 Å². The zero-order valence-electron chi connectivity index (χ0n) is 11.4. The molecular formula is C14H18N2O3. The van der Waals surface area contributed by atoms with E-state index in [1.165, 1.54) is 0 Å². The van der Waals surface area contributed by atoms with Crippen molar-refractivity contribution in [2.75, 3.05) is 11.9 Å². The van der Waals surface area contributed by atoms with E-state index in [2.05, 4.69) is 10.6 Å². The second kappa shape index (κ2) is 4.91. The summed E-state index contributed by atoms with van der Waals surface area (Å²) in [5, 5.41) is 5.65.